The maximum atomic E-state index is 11.0. The molecule has 16 heavy (non-hydrogen) atoms. The maximum absolute atomic E-state index is 11.0. The number of carbonyl (C=O) groups excluding carboxylic acids is 1. The number of methoxy groups -OCH3 is 1. The number of halogens is 2. The smallest absolute Gasteiger partial charge is 0.319 e. The fourth-order valence-corrected chi connectivity index (χ4v) is 1.50. The van der Waals surface area contributed by atoms with Crippen molar-refractivity contribution in [2.24, 2.45) is 0 Å². The van der Waals surface area contributed by atoms with Crippen molar-refractivity contribution >= 4 is 29.2 Å². The third-order valence-electron chi connectivity index (χ3n) is 1.93. The fraction of sp³-hybridized carbons (Fsp3) is 0.400. The van der Waals surface area contributed by atoms with Crippen LogP contribution >= 0.6 is 23.2 Å². The number of hydrogen-bond donors (Lipinski definition) is 0. The molecule has 0 atom stereocenters. The zero-order chi connectivity index (χ0) is 12.1. The maximum Gasteiger partial charge on any atom is 0.319 e. The van der Waals surface area contributed by atoms with Crippen molar-refractivity contribution in [3.63, 3.8) is 0 Å². The van der Waals surface area contributed by atoms with Gasteiger partial charge in [0.15, 0.2) is 0 Å². The summed E-state index contributed by atoms with van der Waals surface area (Å²) in [6.07, 6.45) is 0. The lowest BCUT2D eigenvalue weighted by molar-refractivity contribution is -0.141. The highest BCUT2D eigenvalue weighted by Gasteiger charge is 2.10. The van der Waals surface area contributed by atoms with Gasteiger partial charge in [0.25, 0.3) is 0 Å². The van der Waals surface area contributed by atoms with Crippen LogP contribution in [-0.2, 0) is 16.1 Å². The third kappa shape index (κ3) is 3.96. The third-order valence-corrected chi connectivity index (χ3v) is 2.49. The summed E-state index contributed by atoms with van der Waals surface area (Å²) in [5.74, 6) is -0.305. The Balaban J connectivity index is 2.65. The Hall–Kier alpha value is -0.840. The molecule has 0 fully saturated rings. The van der Waals surface area contributed by atoms with Crippen molar-refractivity contribution in [3.8, 4) is 0 Å². The van der Waals surface area contributed by atoms with E-state index in [-0.39, 0.29) is 12.5 Å². The number of hydrogen-bond acceptors (Lipinski definition) is 4. The van der Waals surface area contributed by atoms with Crippen LogP contribution < -0.4 is 0 Å². The number of esters is 1. The van der Waals surface area contributed by atoms with Crippen LogP contribution in [0.2, 0.25) is 10.2 Å². The molecular formula is C10H12Cl2N2O2. The first-order valence-corrected chi connectivity index (χ1v) is 5.35. The summed E-state index contributed by atoms with van der Waals surface area (Å²) in [5.41, 5.74) is 0.639. The molecule has 0 N–H and O–H groups in total. The molecule has 0 radical (unpaired) electrons. The summed E-state index contributed by atoms with van der Waals surface area (Å²) in [5, 5.41) is 0.909. The van der Waals surface area contributed by atoms with Gasteiger partial charge in [-0.05, 0) is 19.2 Å². The van der Waals surface area contributed by atoms with E-state index in [0.717, 1.165) is 0 Å². The monoisotopic (exact) mass is 262 g/mol. The zero-order valence-corrected chi connectivity index (χ0v) is 10.5. The molecule has 1 rings (SSSR count). The van der Waals surface area contributed by atoms with E-state index in [9.17, 15) is 4.79 Å². The van der Waals surface area contributed by atoms with Crippen LogP contribution in [0.5, 0.6) is 0 Å². The van der Waals surface area contributed by atoms with E-state index in [1.807, 2.05) is 0 Å². The summed E-state index contributed by atoms with van der Waals surface area (Å²) >= 11 is 11.7. The van der Waals surface area contributed by atoms with Gasteiger partial charge in [0.1, 0.15) is 5.15 Å². The van der Waals surface area contributed by atoms with Crippen LogP contribution in [0.1, 0.15) is 5.69 Å². The molecule has 0 saturated carbocycles. The molecule has 0 amide bonds. The van der Waals surface area contributed by atoms with E-state index in [2.05, 4.69) is 9.72 Å². The van der Waals surface area contributed by atoms with Gasteiger partial charge in [0.2, 0.25) is 0 Å². The lowest BCUT2D eigenvalue weighted by Gasteiger charge is -2.15. The lowest BCUT2D eigenvalue weighted by atomic mass is 10.3. The van der Waals surface area contributed by atoms with Gasteiger partial charge < -0.3 is 4.74 Å². The van der Waals surface area contributed by atoms with Crippen molar-refractivity contribution in [1.29, 1.82) is 0 Å². The van der Waals surface area contributed by atoms with Crippen molar-refractivity contribution in [3.05, 3.63) is 28.0 Å². The van der Waals surface area contributed by atoms with Crippen LogP contribution in [0, 0.1) is 0 Å². The Morgan fingerprint density at radius 2 is 2.19 bits per heavy atom. The van der Waals surface area contributed by atoms with E-state index >= 15 is 0 Å². The molecule has 0 bridgehead atoms. The highest BCUT2D eigenvalue weighted by atomic mass is 35.5. The normalized spacial score (nSPS) is 10.6. The molecule has 0 unspecified atom stereocenters. The van der Waals surface area contributed by atoms with Crippen LogP contribution in [0.25, 0.3) is 0 Å². The average molecular weight is 263 g/mol. The topological polar surface area (TPSA) is 42.4 Å². The van der Waals surface area contributed by atoms with Crippen LogP contribution in [0.4, 0.5) is 0 Å². The predicted molar refractivity (Wildman–Crippen MR) is 62.6 cm³/mol. The van der Waals surface area contributed by atoms with Crippen LogP contribution in [-0.4, -0.2) is 36.6 Å². The quantitative estimate of drug-likeness (QED) is 0.615. The second-order valence-electron chi connectivity index (χ2n) is 3.31. The highest BCUT2D eigenvalue weighted by Crippen LogP contribution is 2.17. The first kappa shape index (κ1) is 13.2. The summed E-state index contributed by atoms with van der Waals surface area (Å²) in [6.45, 7) is 0.621. The van der Waals surface area contributed by atoms with Gasteiger partial charge in [-0.1, -0.05) is 23.2 Å². The van der Waals surface area contributed by atoms with Gasteiger partial charge in [-0.15, -0.1) is 0 Å². The molecule has 0 saturated heterocycles. The molecule has 0 aliphatic heterocycles. The van der Waals surface area contributed by atoms with Crippen molar-refractivity contribution in [1.82, 2.24) is 9.88 Å². The minimum absolute atomic E-state index is 0.182. The summed E-state index contributed by atoms with van der Waals surface area (Å²) in [6, 6.07) is 3.30. The minimum atomic E-state index is -0.305. The van der Waals surface area contributed by atoms with Gasteiger partial charge in [-0.2, -0.15) is 0 Å². The molecule has 0 aliphatic rings. The van der Waals surface area contributed by atoms with E-state index in [4.69, 9.17) is 23.2 Å². The molecule has 0 aromatic carbocycles. The number of likely N-dealkylation sites (N-methyl/N-ethyl adjacent to an activating group) is 1. The lowest BCUT2D eigenvalue weighted by Crippen LogP contribution is -2.26. The Morgan fingerprint density at radius 1 is 1.50 bits per heavy atom. The molecule has 1 aromatic rings. The van der Waals surface area contributed by atoms with E-state index in [1.54, 1.807) is 24.1 Å². The fourth-order valence-electron chi connectivity index (χ4n) is 1.17. The first-order chi connectivity index (χ1) is 7.52. The number of carbonyl (C=O) groups is 1. The summed E-state index contributed by atoms with van der Waals surface area (Å²) < 4.78 is 4.55. The Bertz CT molecular complexity index is 385. The van der Waals surface area contributed by atoms with Crippen molar-refractivity contribution in [2.75, 3.05) is 20.7 Å². The SMILES string of the molecule is COC(=O)CN(C)Cc1nc(Cl)ccc1Cl. The number of rotatable bonds is 4. The standard InChI is InChI=1S/C10H12Cl2N2O2/c1-14(6-10(15)16-2)5-8-7(11)3-4-9(12)13-8/h3-4H,5-6H2,1-2H3. The number of nitrogens with zero attached hydrogens (tertiary/aromatic N) is 2. The van der Waals surface area contributed by atoms with Crippen LogP contribution in [0.3, 0.4) is 0 Å². The Morgan fingerprint density at radius 3 is 2.81 bits per heavy atom. The molecule has 1 heterocycles. The molecule has 6 heteroatoms. The van der Waals surface area contributed by atoms with Crippen LogP contribution in [0.15, 0.2) is 12.1 Å². The molecule has 1 aromatic heterocycles. The number of ether oxygens (including phenoxy) is 1. The summed E-state index contributed by atoms with van der Waals surface area (Å²) in [4.78, 5) is 16.9. The Kier molecular flexibility index (Phi) is 4.99. The number of pyridine rings is 1. The molecule has 0 spiro atoms. The van der Waals surface area contributed by atoms with Gasteiger partial charge in [-0.3, -0.25) is 9.69 Å². The second-order valence-corrected chi connectivity index (χ2v) is 4.11. The second kappa shape index (κ2) is 6.03. The van der Waals surface area contributed by atoms with Gasteiger partial charge in [-0.25, -0.2) is 4.98 Å². The first-order valence-electron chi connectivity index (χ1n) is 4.59. The largest absolute Gasteiger partial charge is 0.468 e. The van der Waals surface area contributed by atoms with Crippen molar-refractivity contribution < 1.29 is 9.53 Å². The molecule has 0 aliphatic carbocycles. The molecular weight excluding hydrogens is 251 g/mol. The zero-order valence-electron chi connectivity index (χ0n) is 9.04. The van der Waals surface area contributed by atoms with E-state index < -0.39 is 0 Å². The van der Waals surface area contributed by atoms with Crippen molar-refractivity contribution in [2.45, 2.75) is 6.54 Å². The van der Waals surface area contributed by atoms with E-state index in [1.165, 1.54) is 7.11 Å². The van der Waals surface area contributed by atoms with Gasteiger partial charge in [0.05, 0.1) is 24.4 Å². The number of aromatic nitrogens is 1. The van der Waals surface area contributed by atoms with Gasteiger partial charge in [0, 0.05) is 6.54 Å². The Labute approximate surface area is 104 Å². The summed E-state index contributed by atoms with van der Waals surface area (Å²) in [7, 11) is 3.12. The molecule has 88 valence electrons. The average Bonchev–Trinajstić information content (AvgIpc) is 2.23. The minimum Gasteiger partial charge on any atom is -0.468 e. The van der Waals surface area contributed by atoms with Gasteiger partial charge >= 0.3 is 5.97 Å². The van der Waals surface area contributed by atoms with E-state index in [0.29, 0.717) is 22.4 Å². The predicted octanol–water partition coefficient (Wildman–Crippen LogP) is 1.99. The molecule has 4 nitrogen and oxygen atoms in total. The highest BCUT2D eigenvalue weighted by molar-refractivity contribution is 6.32.